The zero-order chi connectivity index (χ0) is 14.4. The van der Waals surface area contributed by atoms with Crippen LogP contribution in [-0.2, 0) is 12.8 Å². The molecule has 1 aromatic heterocycles. The highest BCUT2D eigenvalue weighted by Gasteiger charge is 2.08. The standard InChI is InChI=1S/C15H17ClFN3/c1-2-4-13-14(16)19-10-20-15(13)18-8-7-11-5-3-6-12(17)9-11/h3,5-6,9-10H,2,4,7-8H2,1H3,(H,18,19,20). The minimum atomic E-state index is -0.209. The Hall–Kier alpha value is -1.68. The molecule has 0 saturated carbocycles. The van der Waals surface area contributed by atoms with Gasteiger partial charge in [0.25, 0.3) is 0 Å². The molecule has 106 valence electrons. The normalized spacial score (nSPS) is 10.6. The summed E-state index contributed by atoms with van der Waals surface area (Å²) in [5.74, 6) is 0.558. The average molecular weight is 294 g/mol. The van der Waals surface area contributed by atoms with E-state index in [0.29, 0.717) is 11.7 Å². The van der Waals surface area contributed by atoms with Gasteiger partial charge in [0.05, 0.1) is 0 Å². The Morgan fingerprint density at radius 1 is 1.25 bits per heavy atom. The van der Waals surface area contributed by atoms with E-state index in [1.165, 1.54) is 12.4 Å². The first-order valence-electron chi connectivity index (χ1n) is 6.68. The van der Waals surface area contributed by atoms with E-state index in [-0.39, 0.29) is 5.82 Å². The monoisotopic (exact) mass is 293 g/mol. The number of rotatable bonds is 6. The number of nitrogens with one attached hydrogen (secondary N) is 1. The van der Waals surface area contributed by atoms with Crippen LogP contribution in [0.1, 0.15) is 24.5 Å². The van der Waals surface area contributed by atoms with E-state index in [4.69, 9.17) is 11.6 Å². The fourth-order valence-electron chi connectivity index (χ4n) is 2.03. The minimum Gasteiger partial charge on any atom is -0.369 e. The third kappa shape index (κ3) is 3.90. The number of aromatic nitrogens is 2. The molecule has 0 bridgehead atoms. The van der Waals surface area contributed by atoms with Crippen molar-refractivity contribution in [3.63, 3.8) is 0 Å². The molecule has 2 aromatic rings. The minimum absolute atomic E-state index is 0.209. The third-order valence-electron chi connectivity index (χ3n) is 2.99. The van der Waals surface area contributed by atoms with E-state index in [0.717, 1.165) is 36.2 Å². The summed E-state index contributed by atoms with van der Waals surface area (Å²) in [4.78, 5) is 8.23. The van der Waals surface area contributed by atoms with Gasteiger partial charge in [0.1, 0.15) is 23.1 Å². The molecule has 0 atom stereocenters. The van der Waals surface area contributed by atoms with Gasteiger partial charge in [-0.1, -0.05) is 37.1 Å². The first-order chi connectivity index (χ1) is 9.70. The highest BCUT2D eigenvalue weighted by atomic mass is 35.5. The first kappa shape index (κ1) is 14.7. The van der Waals surface area contributed by atoms with Crippen LogP contribution in [0.25, 0.3) is 0 Å². The number of anilines is 1. The average Bonchev–Trinajstić information content (AvgIpc) is 2.42. The van der Waals surface area contributed by atoms with Crippen molar-refractivity contribution in [3.05, 3.63) is 52.7 Å². The largest absolute Gasteiger partial charge is 0.369 e. The predicted molar refractivity (Wildman–Crippen MR) is 79.6 cm³/mol. The molecule has 0 unspecified atom stereocenters. The summed E-state index contributed by atoms with van der Waals surface area (Å²) in [6.07, 6.45) is 3.99. The summed E-state index contributed by atoms with van der Waals surface area (Å²) >= 11 is 6.08. The number of halogens is 2. The fourth-order valence-corrected chi connectivity index (χ4v) is 2.26. The van der Waals surface area contributed by atoms with Crippen molar-refractivity contribution in [1.82, 2.24) is 9.97 Å². The molecule has 0 saturated heterocycles. The van der Waals surface area contributed by atoms with E-state index in [1.54, 1.807) is 12.1 Å². The van der Waals surface area contributed by atoms with Crippen LogP contribution >= 0.6 is 11.6 Å². The van der Waals surface area contributed by atoms with Crippen molar-refractivity contribution in [3.8, 4) is 0 Å². The highest BCUT2D eigenvalue weighted by Crippen LogP contribution is 2.21. The van der Waals surface area contributed by atoms with E-state index < -0.39 is 0 Å². The molecule has 20 heavy (non-hydrogen) atoms. The van der Waals surface area contributed by atoms with Crippen LogP contribution in [0.15, 0.2) is 30.6 Å². The molecule has 1 aromatic carbocycles. The third-order valence-corrected chi connectivity index (χ3v) is 3.31. The van der Waals surface area contributed by atoms with E-state index in [2.05, 4.69) is 22.2 Å². The van der Waals surface area contributed by atoms with Gasteiger partial charge in [-0.2, -0.15) is 0 Å². The molecular formula is C15H17ClFN3. The molecule has 0 radical (unpaired) electrons. The molecule has 2 rings (SSSR count). The second kappa shape index (κ2) is 7.20. The highest BCUT2D eigenvalue weighted by molar-refractivity contribution is 6.30. The molecule has 1 heterocycles. The molecule has 0 aliphatic rings. The molecule has 0 aliphatic carbocycles. The lowest BCUT2D eigenvalue weighted by Crippen LogP contribution is -2.09. The summed E-state index contributed by atoms with van der Waals surface area (Å²) in [6.45, 7) is 2.76. The number of benzene rings is 1. The molecule has 5 heteroatoms. The van der Waals surface area contributed by atoms with Gasteiger partial charge in [-0.25, -0.2) is 14.4 Å². The van der Waals surface area contributed by atoms with Crippen molar-refractivity contribution in [2.45, 2.75) is 26.2 Å². The molecule has 3 nitrogen and oxygen atoms in total. The Morgan fingerprint density at radius 3 is 2.85 bits per heavy atom. The summed E-state index contributed by atoms with van der Waals surface area (Å²) in [5, 5.41) is 3.74. The van der Waals surface area contributed by atoms with Crippen LogP contribution in [0.3, 0.4) is 0 Å². The van der Waals surface area contributed by atoms with E-state index in [9.17, 15) is 4.39 Å². The van der Waals surface area contributed by atoms with Gasteiger partial charge in [0.15, 0.2) is 0 Å². The van der Waals surface area contributed by atoms with E-state index >= 15 is 0 Å². The maximum absolute atomic E-state index is 13.1. The maximum Gasteiger partial charge on any atom is 0.137 e. The lowest BCUT2D eigenvalue weighted by atomic mass is 10.1. The van der Waals surface area contributed by atoms with Crippen molar-refractivity contribution in [2.75, 3.05) is 11.9 Å². The summed E-state index contributed by atoms with van der Waals surface area (Å²) in [7, 11) is 0. The quantitative estimate of drug-likeness (QED) is 0.822. The Kier molecular flexibility index (Phi) is 5.30. The Bertz CT molecular complexity index is 575. The van der Waals surface area contributed by atoms with Gasteiger partial charge in [-0.15, -0.1) is 0 Å². The van der Waals surface area contributed by atoms with Crippen LogP contribution in [0.5, 0.6) is 0 Å². The topological polar surface area (TPSA) is 37.8 Å². The molecule has 0 spiro atoms. The van der Waals surface area contributed by atoms with Crippen LogP contribution < -0.4 is 5.32 Å². The zero-order valence-corrected chi connectivity index (χ0v) is 12.1. The van der Waals surface area contributed by atoms with Crippen molar-refractivity contribution in [2.24, 2.45) is 0 Å². The Morgan fingerprint density at radius 2 is 2.10 bits per heavy atom. The van der Waals surface area contributed by atoms with Crippen LogP contribution in [0, 0.1) is 5.82 Å². The summed E-state index contributed by atoms with van der Waals surface area (Å²) in [6, 6.07) is 6.61. The first-order valence-corrected chi connectivity index (χ1v) is 7.06. The van der Waals surface area contributed by atoms with Crippen LogP contribution in [-0.4, -0.2) is 16.5 Å². The molecule has 1 N–H and O–H groups in total. The fraction of sp³-hybridized carbons (Fsp3) is 0.333. The van der Waals surface area contributed by atoms with E-state index in [1.807, 2.05) is 6.07 Å². The maximum atomic E-state index is 13.1. The molecule has 0 amide bonds. The molecular weight excluding hydrogens is 277 g/mol. The smallest absolute Gasteiger partial charge is 0.137 e. The van der Waals surface area contributed by atoms with Gasteiger partial charge in [-0.3, -0.25) is 0 Å². The number of hydrogen-bond donors (Lipinski definition) is 1. The van der Waals surface area contributed by atoms with Gasteiger partial charge in [-0.05, 0) is 30.5 Å². The van der Waals surface area contributed by atoms with Crippen molar-refractivity contribution in [1.29, 1.82) is 0 Å². The lowest BCUT2D eigenvalue weighted by molar-refractivity contribution is 0.625. The number of hydrogen-bond acceptors (Lipinski definition) is 3. The summed E-state index contributed by atoms with van der Waals surface area (Å²) < 4.78 is 13.1. The van der Waals surface area contributed by atoms with Crippen molar-refractivity contribution < 1.29 is 4.39 Å². The van der Waals surface area contributed by atoms with Gasteiger partial charge < -0.3 is 5.32 Å². The second-order valence-electron chi connectivity index (χ2n) is 4.55. The lowest BCUT2D eigenvalue weighted by Gasteiger charge is -2.11. The van der Waals surface area contributed by atoms with Gasteiger partial charge >= 0.3 is 0 Å². The summed E-state index contributed by atoms with van der Waals surface area (Å²) in [5.41, 5.74) is 1.89. The van der Waals surface area contributed by atoms with Crippen LogP contribution in [0.4, 0.5) is 10.2 Å². The van der Waals surface area contributed by atoms with Crippen LogP contribution in [0.2, 0.25) is 5.15 Å². The Labute approximate surface area is 123 Å². The number of nitrogens with zero attached hydrogens (tertiary/aromatic N) is 2. The molecule has 0 aliphatic heterocycles. The molecule has 0 fully saturated rings. The SMILES string of the molecule is CCCc1c(Cl)ncnc1NCCc1cccc(F)c1. The Balaban J connectivity index is 1.99. The zero-order valence-electron chi connectivity index (χ0n) is 11.4. The van der Waals surface area contributed by atoms with Crippen molar-refractivity contribution >= 4 is 17.4 Å². The predicted octanol–water partition coefficient (Wildman–Crippen LogP) is 3.88. The van der Waals surface area contributed by atoms with Gasteiger partial charge in [0, 0.05) is 12.1 Å². The van der Waals surface area contributed by atoms with Gasteiger partial charge in [0.2, 0.25) is 0 Å². The second-order valence-corrected chi connectivity index (χ2v) is 4.91.